The minimum Gasteiger partial charge on any atom is -0.293 e. The molecule has 0 spiro atoms. The second-order valence-electron chi connectivity index (χ2n) is 5.96. The van der Waals surface area contributed by atoms with E-state index in [1.807, 2.05) is 0 Å². The van der Waals surface area contributed by atoms with Gasteiger partial charge in [-0.25, -0.2) is 4.98 Å². The van der Waals surface area contributed by atoms with Crippen molar-refractivity contribution in [3.05, 3.63) is 84.9 Å². The van der Waals surface area contributed by atoms with Gasteiger partial charge in [0, 0.05) is 10.6 Å². The van der Waals surface area contributed by atoms with Crippen LogP contribution in [0.25, 0.3) is 15.9 Å². The number of carbonyl (C=O) groups excluding carboxylic acids is 1. The Morgan fingerprint density at radius 1 is 1.07 bits per heavy atom. The molecule has 0 saturated heterocycles. The zero-order valence-electron chi connectivity index (χ0n) is 14.6. The highest BCUT2D eigenvalue weighted by atomic mass is 35.5. The molecule has 0 atom stereocenters. The summed E-state index contributed by atoms with van der Waals surface area (Å²) in [7, 11) is 0. The lowest BCUT2D eigenvalue weighted by Gasteiger charge is -2.13. The van der Waals surface area contributed by atoms with Crippen LogP contribution in [0.2, 0.25) is 15.1 Å². The molecule has 4 rings (SSSR count). The summed E-state index contributed by atoms with van der Waals surface area (Å²) in [6.45, 7) is 0. The van der Waals surface area contributed by atoms with Crippen LogP contribution >= 0.6 is 57.9 Å². The van der Waals surface area contributed by atoms with Gasteiger partial charge in [-0.15, -0.1) is 11.3 Å². The van der Waals surface area contributed by atoms with E-state index in [0.29, 0.717) is 36.7 Å². The normalized spacial score (nSPS) is 11.1. The maximum absolute atomic E-state index is 13.1. The van der Waals surface area contributed by atoms with Gasteiger partial charge in [0.2, 0.25) is 0 Å². The molecule has 4 nitrogen and oxygen atoms in total. The number of benzene rings is 2. The molecule has 29 heavy (non-hydrogen) atoms. The van der Waals surface area contributed by atoms with E-state index in [1.54, 1.807) is 53.9 Å². The summed E-state index contributed by atoms with van der Waals surface area (Å²) in [6.07, 6.45) is 0. The fourth-order valence-electron chi connectivity index (χ4n) is 2.72. The van der Waals surface area contributed by atoms with Crippen molar-refractivity contribution in [3.8, 4) is 5.69 Å². The lowest BCUT2D eigenvalue weighted by molar-refractivity contribution is 0.102. The Morgan fingerprint density at radius 3 is 2.59 bits per heavy atom. The van der Waals surface area contributed by atoms with Crippen LogP contribution in [0.5, 0.6) is 0 Å². The lowest BCUT2D eigenvalue weighted by atomic mass is 10.1. The topological polar surface area (TPSA) is 52.0 Å². The van der Waals surface area contributed by atoms with Gasteiger partial charge in [-0.05, 0) is 47.8 Å². The van der Waals surface area contributed by atoms with E-state index in [9.17, 15) is 9.59 Å². The minimum atomic E-state index is -0.254. The molecule has 9 heteroatoms. The Labute approximate surface area is 189 Å². The first-order chi connectivity index (χ1) is 14.0. The van der Waals surface area contributed by atoms with Crippen LogP contribution in [0.15, 0.2) is 63.9 Å². The second kappa shape index (κ2) is 8.50. The van der Waals surface area contributed by atoms with Crippen molar-refractivity contribution in [2.45, 2.75) is 5.16 Å². The van der Waals surface area contributed by atoms with E-state index in [-0.39, 0.29) is 22.1 Å². The Kier molecular flexibility index (Phi) is 5.99. The van der Waals surface area contributed by atoms with E-state index in [2.05, 4.69) is 4.98 Å². The van der Waals surface area contributed by atoms with Crippen molar-refractivity contribution in [1.29, 1.82) is 0 Å². The van der Waals surface area contributed by atoms with Crippen LogP contribution in [-0.4, -0.2) is 21.1 Å². The van der Waals surface area contributed by atoms with Crippen LogP contribution < -0.4 is 5.56 Å². The van der Waals surface area contributed by atoms with Gasteiger partial charge in [0.25, 0.3) is 5.56 Å². The van der Waals surface area contributed by atoms with Crippen molar-refractivity contribution in [2.75, 3.05) is 5.75 Å². The summed E-state index contributed by atoms with van der Waals surface area (Å²) >= 11 is 20.9. The average molecular weight is 482 g/mol. The molecule has 0 unspecified atom stereocenters. The molecular weight excluding hydrogens is 471 g/mol. The van der Waals surface area contributed by atoms with Crippen LogP contribution in [0.1, 0.15) is 10.4 Å². The third kappa shape index (κ3) is 4.09. The fourth-order valence-corrected chi connectivity index (χ4v) is 4.88. The predicted molar refractivity (Wildman–Crippen MR) is 122 cm³/mol. The molecule has 0 fully saturated rings. The lowest BCUT2D eigenvalue weighted by Crippen LogP contribution is -2.21. The third-order valence-electron chi connectivity index (χ3n) is 4.12. The van der Waals surface area contributed by atoms with E-state index in [4.69, 9.17) is 34.8 Å². The first-order valence-corrected chi connectivity index (χ1v) is 11.3. The molecule has 2 aromatic carbocycles. The van der Waals surface area contributed by atoms with E-state index in [0.717, 1.165) is 0 Å². The summed E-state index contributed by atoms with van der Waals surface area (Å²) < 4.78 is 1.92. The molecular formula is C20H11Cl3N2O2S2. The van der Waals surface area contributed by atoms with Gasteiger partial charge in [0.15, 0.2) is 10.9 Å². The Balaban J connectivity index is 1.77. The van der Waals surface area contributed by atoms with Gasteiger partial charge >= 0.3 is 0 Å². The maximum atomic E-state index is 13.1. The Hall–Kier alpha value is -1.83. The largest absolute Gasteiger partial charge is 0.293 e. The first kappa shape index (κ1) is 20.4. The standard InChI is InChI=1S/C20H11Cl3N2O2S2/c21-12-6-4-11(5-7-12)16(26)10-29-20-24-14-8-9-28-18(14)19(27)25(20)15-3-1-2-13(22)17(15)23/h1-9H,10H2. The summed E-state index contributed by atoms with van der Waals surface area (Å²) in [5.41, 5.74) is 1.29. The number of rotatable bonds is 5. The summed E-state index contributed by atoms with van der Waals surface area (Å²) in [4.78, 5) is 30.3. The number of nitrogens with zero attached hydrogens (tertiary/aromatic N) is 2. The van der Waals surface area contributed by atoms with Crippen LogP contribution in [0.3, 0.4) is 0 Å². The van der Waals surface area contributed by atoms with Gasteiger partial charge < -0.3 is 0 Å². The number of thioether (sulfide) groups is 1. The number of hydrogen-bond acceptors (Lipinski definition) is 5. The number of thiophene rings is 1. The van der Waals surface area contributed by atoms with Gasteiger partial charge in [0.05, 0.1) is 27.0 Å². The highest BCUT2D eigenvalue weighted by Crippen LogP contribution is 2.31. The smallest absolute Gasteiger partial charge is 0.276 e. The highest BCUT2D eigenvalue weighted by Gasteiger charge is 2.18. The van der Waals surface area contributed by atoms with E-state index >= 15 is 0 Å². The number of fused-ring (bicyclic) bond motifs is 1. The summed E-state index contributed by atoms with van der Waals surface area (Å²) in [6, 6.07) is 13.5. The van der Waals surface area contributed by atoms with E-state index < -0.39 is 0 Å². The molecule has 2 aromatic heterocycles. The summed E-state index contributed by atoms with van der Waals surface area (Å²) in [5.74, 6) is -0.00268. The number of Topliss-reactive ketones (excluding diaryl/α,β-unsaturated/α-hetero) is 1. The van der Waals surface area contributed by atoms with Gasteiger partial charge in [-0.2, -0.15) is 0 Å². The number of hydrogen-bond donors (Lipinski definition) is 0. The molecule has 0 aliphatic heterocycles. The minimum absolute atomic E-state index is 0.0991. The average Bonchev–Trinajstić information content (AvgIpc) is 3.18. The zero-order valence-corrected chi connectivity index (χ0v) is 18.5. The molecule has 4 aromatic rings. The van der Waals surface area contributed by atoms with Gasteiger partial charge in [-0.1, -0.05) is 52.6 Å². The predicted octanol–water partition coefficient (Wildman–Crippen LogP) is 6.38. The monoisotopic (exact) mass is 480 g/mol. The van der Waals surface area contributed by atoms with Crippen molar-refractivity contribution < 1.29 is 4.79 Å². The van der Waals surface area contributed by atoms with E-state index in [1.165, 1.54) is 27.7 Å². The highest BCUT2D eigenvalue weighted by molar-refractivity contribution is 7.99. The SMILES string of the molecule is O=C(CSc1nc2ccsc2c(=O)n1-c1cccc(Cl)c1Cl)c1ccc(Cl)cc1. The zero-order chi connectivity index (χ0) is 20.5. The van der Waals surface area contributed by atoms with Crippen LogP contribution in [0.4, 0.5) is 0 Å². The first-order valence-electron chi connectivity index (χ1n) is 8.32. The fraction of sp³-hybridized carbons (Fsp3) is 0.0500. The Bertz CT molecular complexity index is 1280. The summed E-state index contributed by atoms with van der Waals surface area (Å²) in [5, 5.41) is 3.31. The van der Waals surface area contributed by atoms with Crippen molar-refractivity contribution in [2.24, 2.45) is 0 Å². The molecule has 0 amide bonds. The molecule has 0 bridgehead atoms. The maximum Gasteiger partial charge on any atom is 0.276 e. The quantitative estimate of drug-likeness (QED) is 0.188. The Morgan fingerprint density at radius 2 is 1.83 bits per heavy atom. The van der Waals surface area contributed by atoms with Gasteiger partial charge in [-0.3, -0.25) is 14.2 Å². The number of aromatic nitrogens is 2. The van der Waals surface area contributed by atoms with Crippen LogP contribution in [-0.2, 0) is 0 Å². The molecule has 0 aliphatic rings. The number of ketones is 1. The molecule has 0 N–H and O–H groups in total. The van der Waals surface area contributed by atoms with Crippen LogP contribution in [0, 0.1) is 0 Å². The molecule has 2 heterocycles. The molecule has 0 aliphatic carbocycles. The van der Waals surface area contributed by atoms with Crippen molar-refractivity contribution in [1.82, 2.24) is 9.55 Å². The van der Waals surface area contributed by atoms with Crippen molar-refractivity contribution >= 4 is 73.9 Å². The second-order valence-corrected chi connectivity index (χ2v) is 9.04. The van der Waals surface area contributed by atoms with Gasteiger partial charge in [0.1, 0.15) is 4.70 Å². The third-order valence-corrected chi connectivity index (χ3v) is 7.01. The number of halogens is 3. The molecule has 0 radical (unpaired) electrons. The number of carbonyl (C=O) groups is 1. The van der Waals surface area contributed by atoms with Crippen molar-refractivity contribution in [3.63, 3.8) is 0 Å². The molecule has 146 valence electrons. The molecule has 0 saturated carbocycles.